The van der Waals surface area contributed by atoms with Gasteiger partial charge in [-0.15, -0.1) is 0 Å². The smallest absolute Gasteiger partial charge is 0.340 e. The van der Waals surface area contributed by atoms with Crippen LogP contribution in [0.15, 0.2) is 24.3 Å². The van der Waals surface area contributed by atoms with Crippen LogP contribution in [0.1, 0.15) is 32.6 Å². The lowest BCUT2D eigenvalue weighted by molar-refractivity contribution is 0.0602. The summed E-state index contributed by atoms with van der Waals surface area (Å²) in [6.07, 6.45) is 1.60. The van der Waals surface area contributed by atoms with Crippen molar-refractivity contribution in [3.63, 3.8) is 0 Å². The number of nitriles is 1. The number of nitrogens with zero attached hydrogens (tertiary/aromatic N) is 1. The highest BCUT2D eigenvalue weighted by Crippen LogP contribution is 2.42. The van der Waals surface area contributed by atoms with Gasteiger partial charge in [0.1, 0.15) is 6.07 Å². The average Bonchev–Trinajstić information content (AvgIpc) is 2.98. The molecule has 5 nitrogen and oxygen atoms in total. The minimum Gasteiger partial charge on any atom is -0.465 e. The summed E-state index contributed by atoms with van der Waals surface area (Å²) < 4.78 is 4.80. The van der Waals surface area contributed by atoms with Crippen molar-refractivity contribution in [2.45, 2.75) is 19.8 Å². The molecule has 0 fully saturated rings. The van der Waals surface area contributed by atoms with E-state index in [0.29, 0.717) is 5.56 Å². The van der Waals surface area contributed by atoms with Gasteiger partial charge in [0, 0.05) is 16.5 Å². The van der Waals surface area contributed by atoms with Gasteiger partial charge in [-0.25, -0.2) is 4.79 Å². The number of carbonyl (C=O) groups excluding carboxylic acids is 1. The van der Waals surface area contributed by atoms with Crippen LogP contribution < -0.4 is 5.73 Å². The first-order valence-corrected chi connectivity index (χ1v) is 8.10. The minimum absolute atomic E-state index is 0.177. The molecule has 2 aromatic carbocycles. The van der Waals surface area contributed by atoms with Gasteiger partial charge in [-0.1, -0.05) is 11.6 Å². The molecule has 0 unspecified atom stereocenters. The van der Waals surface area contributed by atoms with Gasteiger partial charge < -0.3 is 15.5 Å². The van der Waals surface area contributed by atoms with Crippen molar-refractivity contribution in [3.05, 3.63) is 52.1 Å². The quantitative estimate of drug-likeness (QED) is 0.527. The number of hydrogen-bond donors (Lipinski definition) is 2. The van der Waals surface area contributed by atoms with Crippen LogP contribution in [0.2, 0.25) is 0 Å². The Labute approximate surface area is 145 Å². The van der Waals surface area contributed by atoms with E-state index in [1.807, 2.05) is 0 Å². The first-order chi connectivity index (χ1) is 12.0. The molecule has 4 rings (SSSR count). The van der Waals surface area contributed by atoms with E-state index in [9.17, 15) is 10.1 Å². The van der Waals surface area contributed by atoms with Crippen LogP contribution in [0.5, 0.6) is 0 Å². The van der Waals surface area contributed by atoms with Crippen molar-refractivity contribution in [3.8, 4) is 17.3 Å². The SMILES string of the molecule is COC(=O)c1cc2c(c(C#N)c1N)-c1[nH]c3ccc(C)cc3c1CC2. The molecule has 1 aliphatic carbocycles. The fourth-order valence-corrected chi connectivity index (χ4v) is 3.73. The number of aromatic amines is 1. The highest BCUT2D eigenvalue weighted by Gasteiger charge is 2.28. The molecule has 0 saturated heterocycles. The third-order valence-electron chi connectivity index (χ3n) is 4.92. The summed E-state index contributed by atoms with van der Waals surface area (Å²) in [6, 6.07) is 10.2. The summed E-state index contributed by atoms with van der Waals surface area (Å²) in [5.41, 5.74) is 13.0. The fraction of sp³-hybridized carbons (Fsp3) is 0.200. The first-order valence-electron chi connectivity index (χ1n) is 8.10. The molecule has 25 heavy (non-hydrogen) atoms. The number of rotatable bonds is 1. The number of esters is 1. The predicted octanol–water partition coefficient (Wildman–Crippen LogP) is 3.48. The van der Waals surface area contributed by atoms with Crippen molar-refractivity contribution in [1.29, 1.82) is 5.26 Å². The molecule has 0 aliphatic heterocycles. The number of fused-ring (bicyclic) bond motifs is 5. The third-order valence-corrected chi connectivity index (χ3v) is 4.92. The molecule has 124 valence electrons. The Morgan fingerprint density at radius 1 is 1.32 bits per heavy atom. The van der Waals surface area contributed by atoms with E-state index in [1.54, 1.807) is 6.07 Å². The number of aromatic nitrogens is 1. The second kappa shape index (κ2) is 5.38. The number of methoxy groups -OCH3 is 1. The van der Waals surface area contributed by atoms with Crippen LogP contribution in [0.25, 0.3) is 22.2 Å². The lowest BCUT2D eigenvalue weighted by Gasteiger charge is -2.20. The number of carbonyl (C=O) groups is 1. The molecule has 0 amide bonds. The maximum absolute atomic E-state index is 12.0. The van der Waals surface area contributed by atoms with Gasteiger partial charge in [-0.2, -0.15) is 5.26 Å². The Hall–Kier alpha value is -3.26. The Balaban J connectivity index is 2.05. The van der Waals surface area contributed by atoms with Gasteiger partial charge in [0.2, 0.25) is 0 Å². The van der Waals surface area contributed by atoms with E-state index >= 15 is 0 Å². The zero-order valence-electron chi connectivity index (χ0n) is 14.1. The zero-order valence-corrected chi connectivity index (χ0v) is 14.1. The topological polar surface area (TPSA) is 91.9 Å². The molecule has 0 saturated carbocycles. The number of nitrogen functional groups attached to an aromatic ring is 1. The number of H-pyrrole nitrogens is 1. The second-order valence-corrected chi connectivity index (χ2v) is 6.38. The summed E-state index contributed by atoms with van der Waals surface area (Å²) in [4.78, 5) is 15.4. The zero-order chi connectivity index (χ0) is 17.7. The van der Waals surface area contributed by atoms with Crippen molar-refractivity contribution >= 4 is 22.6 Å². The van der Waals surface area contributed by atoms with Crippen LogP contribution >= 0.6 is 0 Å². The lowest BCUT2D eigenvalue weighted by atomic mass is 9.84. The molecule has 5 heteroatoms. The Morgan fingerprint density at radius 2 is 2.12 bits per heavy atom. The van der Waals surface area contributed by atoms with Crippen molar-refractivity contribution < 1.29 is 9.53 Å². The molecule has 1 heterocycles. The molecular formula is C20H17N3O2. The van der Waals surface area contributed by atoms with Crippen LogP contribution in [0.4, 0.5) is 5.69 Å². The standard InChI is InChI=1S/C20H17N3O2/c1-10-3-6-16-13(7-10)12-5-4-11-8-14(20(24)25-2)18(22)15(9-21)17(11)19(12)23-16/h3,6-8,23H,4-5,22H2,1-2H3. The van der Waals surface area contributed by atoms with E-state index < -0.39 is 5.97 Å². The number of hydrogen-bond acceptors (Lipinski definition) is 4. The van der Waals surface area contributed by atoms with E-state index in [4.69, 9.17) is 10.5 Å². The van der Waals surface area contributed by atoms with Gasteiger partial charge in [0.05, 0.1) is 29.6 Å². The van der Waals surface area contributed by atoms with Crippen LogP contribution in [-0.4, -0.2) is 18.1 Å². The third kappa shape index (κ3) is 2.11. The number of nitrogens with one attached hydrogen (secondary N) is 1. The van der Waals surface area contributed by atoms with Crippen LogP contribution in [0, 0.1) is 18.3 Å². The van der Waals surface area contributed by atoms with Crippen molar-refractivity contribution in [2.24, 2.45) is 0 Å². The molecule has 0 radical (unpaired) electrons. The summed E-state index contributed by atoms with van der Waals surface area (Å²) in [5.74, 6) is -0.519. The Bertz CT molecular complexity index is 1090. The number of aryl methyl sites for hydroxylation is 3. The van der Waals surface area contributed by atoms with E-state index in [0.717, 1.165) is 35.2 Å². The van der Waals surface area contributed by atoms with Crippen LogP contribution in [0.3, 0.4) is 0 Å². The molecule has 0 bridgehead atoms. The summed E-state index contributed by atoms with van der Waals surface area (Å²) in [7, 11) is 1.31. The number of ether oxygens (including phenoxy) is 1. The monoisotopic (exact) mass is 331 g/mol. The minimum atomic E-state index is -0.519. The molecule has 0 atom stereocenters. The van der Waals surface area contributed by atoms with Crippen LogP contribution in [-0.2, 0) is 17.6 Å². The summed E-state index contributed by atoms with van der Waals surface area (Å²) >= 11 is 0. The molecular weight excluding hydrogens is 314 g/mol. The molecule has 3 aromatic rings. The predicted molar refractivity (Wildman–Crippen MR) is 96.3 cm³/mol. The molecule has 0 spiro atoms. The van der Waals surface area contributed by atoms with Gasteiger partial charge in [-0.3, -0.25) is 0 Å². The summed E-state index contributed by atoms with van der Waals surface area (Å²) in [6.45, 7) is 2.07. The molecule has 3 N–H and O–H groups in total. The second-order valence-electron chi connectivity index (χ2n) is 6.38. The molecule has 1 aliphatic rings. The Morgan fingerprint density at radius 3 is 2.84 bits per heavy atom. The first kappa shape index (κ1) is 15.3. The van der Waals surface area contributed by atoms with Gasteiger partial charge >= 0.3 is 5.97 Å². The molecule has 1 aromatic heterocycles. The van der Waals surface area contributed by atoms with Crippen molar-refractivity contribution in [1.82, 2.24) is 4.98 Å². The highest BCUT2D eigenvalue weighted by molar-refractivity contribution is 6.01. The number of benzene rings is 2. The maximum atomic E-state index is 12.0. The average molecular weight is 331 g/mol. The summed E-state index contributed by atoms with van der Waals surface area (Å²) in [5, 5.41) is 10.9. The fourth-order valence-electron chi connectivity index (χ4n) is 3.73. The Kier molecular flexibility index (Phi) is 3.29. The number of nitrogens with two attached hydrogens (primary N) is 1. The van der Waals surface area contributed by atoms with Crippen molar-refractivity contribution in [2.75, 3.05) is 12.8 Å². The lowest BCUT2D eigenvalue weighted by Crippen LogP contribution is -2.13. The van der Waals surface area contributed by atoms with E-state index in [-0.39, 0.29) is 11.3 Å². The van der Waals surface area contributed by atoms with Gasteiger partial charge in [0.15, 0.2) is 0 Å². The highest BCUT2D eigenvalue weighted by atomic mass is 16.5. The normalized spacial score (nSPS) is 12.4. The van der Waals surface area contributed by atoms with Gasteiger partial charge in [0.25, 0.3) is 0 Å². The van der Waals surface area contributed by atoms with E-state index in [2.05, 4.69) is 36.2 Å². The maximum Gasteiger partial charge on any atom is 0.340 e. The largest absolute Gasteiger partial charge is 0.465 e. The van der Waals surface area contributed by atoms with E-state index in [1.165, 1.54) is 23.6 Å². The number of anilines is 1. The van der Waals surface area contributed by atoms with Gasteiger partial charge in [-0.05, 0) is 49.1 Å².